The van der Waals surface area contributed by atoms with Gasteiger partial charge in [0.1, 0.15) is 5.84 Å². The standard InChI is InChI=1S/C16H24ClN3/c1-15(2)10-14(20-16(3,4)7-8-18)19-13-6-5-11(17)9-12(13)15/h5-6,9H,7-8,10,18H2,1-4H3,(H,19,20). The number of amidine groups is 1. The van der Waals surface area contributed by atoms with Crippen molar-refractivity contribution in [2.45, 2.75) is 51.5 Å². The molecule has 0 bridgehead atoms. The fraction of sp³-hybridized carbons (Fsp3) is 0.562. The van der Waals surface area contributed by atoms with Crippen molar-refractivity contribution < 1.29 is 0 Å². The summed E-state index contributed by atoms with van der Waals surface area (Å²) in [5, 5.41) is 4.22. The van der Waals surface area contributed by atoms with Crippen molar-refractivity contribution in [2.75, 3.05) is 11.9 Å². The van der Waals surface area contributed by atoms with E-state index >= 15 is 0 Å². The van der Waals surface area contributed by atoms with Crippen LogP contribution in [-0.2, 0) is 5.41 Å². The van der Waals surface area contributed by atoms with E-state index < -0.39 is 0 Å². The molecule has 1 aliphatic rings. The van der Waals surface area contributed by atoms with Crippen molar-refractivity contribution in [3.63, 3.8) is 0 Å². The zero-order chi connectivity index (χ0) is 15.0. The minimum absolute atomic E-state index is 0.0309. The maximum absolute atomic E-state index is 6.12. The molecule has 0 spiro atoms. The Labute approximate surface area is 126 Å². The Morgan fingerprint density at radius 3 is 2.75 bits per heavy atom. The van der Waals surface area contributed by atoms with Crippen LogP contribution in [0, 0.1) is 0 Å². The number of hydrogen-bond acceptors (Lipinski definition) is 2. The molecule has 0 aromatic heterocycles. The van der Waals surface area contributed by atoms with Gasteiger partial charge in [0.25, 0.3) is 0 Å². The summed E-state index contributed by atoms with van der Waals surface area (Å²) in [7, 11) is 0. The van der Waals surface area contributed by atoms with Crippen molar-refractivity contribution in [2.24, 2.45) is 10.7 Å². The van der Waals surface area contributed by atoms with Gasteiger partial charge in [-0.3, -0.25) is 4.99 Å². The molecule has 20 heavy (non-hydrogen) atoms. The van der Waals surface area contributed by atoms with E-state index in [2.05, 4.69) is 33.0 Å². The third-order valence-corrected chi connectivity index (χ3v) is 4.03. The normalized spacial score (nSPS) is 19.6. The molecule has 0 saturated carbocycles. The number of nitrogens with two attached hydrogens (primary N) is 1. The first-order valence-electron chi connectivity index (χ1n) is 7.09. The van der Waals surface area contributed by atoms with Gasteiger partial charge in [0, 0.05) is 17.1 Å². The van der Waals surface area contributed by atoms with Gasteiger partial charge in [-0.2, -0.15) is 0 Å². The Morgan fingerprint density at radius 2 is 2.10 bits per heavy atom. The second-order valence-corrected chi connectivity index (χ2v) is 7.22. The van der Waals surface area contributed by atoms with Crippen LogP contribution in [-0.4, -0.2) is 17.9 Å². The summed E-state index contributed by atoms with van der Waals surface area (Å²) in [5.41, 5.74) is 7.92. The van der Waals surface area contributed by atoms with E-state index in [0.29, 0.717) is 6.54 Å². The highest BCUT2D eigenvalue weighted by Gasteiger charge is 2.32. The maximum Gasteiger partial charge on any atom is 0.102 e. The van der Waals surface area contributed by atoms with Crippen LogP contribution in [0.3, 0.4) is 0 Å². The summed E-state index contributed by atoms with van der Waals surface area (Å²) in [5.74, 6) is 1.03. The van der Waals surface area contributed by atoms with E-state index in [-0.39, 0.29) is 11.0 Å². The van der Waals surface area contributed by atoms with Gasteiger partial charge >= 0.3 is 0 Å². The molecule has 4 heteroatoms. The molecule has 0 radical (unpaired) electrons. The Morgan fingerprint density at radius 1 is 1.40 bits per heavy atom. The summed E-state index contributed by atoms with van der Waals surface area (Å²) >= 11 is 6.12. The average Bonchev–Trinajstić information content (AvgIpc) is 2.28. The molecule has 0 atom stereocenters. The molecular formula is C16H24ClN3. The predicted octanol–water partition coefficient (Wildman–Crippen LogP) is 3.96. The molecule has 1 aromatic carbocycles. The van der Waals surface area contributed by atoms with Gasteiger partial charge in [0.05, 0.1) is 5.54 Å². The Hall–Kier alpha value is -1.06. The fourth-order valence-electron chi connectivity index (χ4n) is 2.74. The monoisotopic (exact) mass is 293 g/mol. The van der Waals surface area contributed by atoms with Crippen LogP contribution in [0.25, 0.3) is 0 Å². The third-order valence-electron chi connectivity index (χ3n) is 3.79. The van der Waals surface area contributed by atoms with Gasteiger partial charge in [-0.05, 0) is 56.0 Å². The van der Waals surface area contributed by atoms with Crippen LogP contribution in [0.2, 0.25) is 5.02 Å². The molecule has 3 N–H and O–H groups in total. The first kappa shape index (κ1) is 15.3. The van der Waals surface area contributed by atoms with Gasteiger partial charge < -0.3 is 11.1 Å². The van der Waals surface area contributed by atoms with Crippen molar-refractivity contribution in [3.8, 4) is 0 Å². The van der Waals surface area contributed by atoms with E-state index in [1.54, 1.807) is 0 Å². The summed E-state index contributed by atoms with van der Waals surface area (Å²) < 4.78 is 0. The van der Waals surface area contributed by atoms with E-state index in [1.165, 1.54) is 5.56 Å². The van der Waals surface area contributed by atoms with Crippen LogP contribution < -0.4 is 11.1 Å². The van der Waals surface area contributed by atoms with Crippen molar-refractivity contribution in [3.05, 3.63) is 28.8 Å². The lowest BCUT2D eigenvalue weighted by molar-refractivity contribution is 0.478. The Balaban J connectivity index is 2.36. The van der Waals surface area contributed by atoms with Crippen LogP contribution in [0.1, 0.15) is 46.1 Å². The number of fused-ring (bicyclic) bond motifs is 1. The topological polar surface area (TPSA) is 50.4 Å². The highest BCUT2D eigenvalue weighted by molar-refractivity contribution is 6.30. The number of nitrogens with one attached hydrogen (secondary N) is 1. The number of hydrogen-bond donors (Lipinski definition) is 2. The number of aliphatic imine (C=N–C) groups is 1. The smallest absolute Gasteiger partial charge is 0.102 e. The summed E-state index contributed by atoms with van der Waals surface area (Å²) in [4.78, 5) is 4.87. The van der Waals surface area contributed by atoms with Crippen LogP contribution >= 0.6 is 11.6 Å². The average molecular weight is 294 g/mol. The number of nitrogens with zero attached hydrogens (tertiary/aromatic N) is 1. The van der Waals surface area contributed by atoms with Gasteiger partial charge in [-0.25, -0.2) is 0 Å². The summed E-state index contributed by atoms with van der Waals surface area (Å²) in [6.45, 7) is 9.36. The molecule has 0 unspecified atom stereocenters. The molecule has 3 nitrogen and oxygen atoms in total. The second kappa shape index (κ2) is 5.38. The summed E-state index contributed by atoms with van der Waals surface area (Å²) in [6.07, 6.45) is 1.76. The minimum Gasteiger partial charge on any atom is -0.344 e. The quantitative estimate of drug-likeness (QED) is 0.886. The molecular weight excluding hydrogens is 270 g/mol. The Bertz CT molecular complexity index is 533. The lowest BCUT2D eigenvalue weighted by Gasteiger charge is -2.35. The zero-order valence-electron chi connectivity index (χ0n) is 12.8. The molecule has 0 amide bonds. The van der Waals surface area contributed by atoms with E-state index in [4.69, 9.17) is 22.3 Å². The zero-order valence-corrected chi connectivity index (χ0v) is 13.5. The fourth-order valence-corrected chi connectivity index (χ4v) is 2.91. The lowest BCUT2D eigenvalue weighted by atomic mass is 9.77. The molecule has 2 rings (SSSR count). The highest BCUT2D eigenvalue weighted by atomic mass is 35.5. The minimum atomic E-state index is -0.128. The maximum atomic E-state index is 6.12. The summed E-state index contributed by atoms with van der Waals surface area (Å²) in [6, 6.07) is 5.99. The van der Waals surface area contributed by atoms with Gasteiger partial charge in [0.2, 0.25) is 0 Å². The molecule has 0 aliphatic carbocycles. The van der Waals surface area contributed by atoms with Crippen molar-refractivity contribution in [1.29, 1.82) is 0 Å². The largest absolute Gasteiger partial charge is 0.344 e. The number of halogens is 1. The predicted molar refractivity (Wildman–Crippen MR) is 87.9 cm³/mol. The molecule has 1 aliphatic heterocycles. The van der Waals surface area contributed by atoms with Crippen molar-refractivity contribution >= 4 is 23.1 Å². The molecule has 0 saturated heterocycles. The number of benzene rings is 1. The van der Waals surface area contributed by atoms with Gasteiger partial charge in [-0.15, -0.1) is 0 Å². The van der Waals surface area contributed by atoms with Crippen molar-refractivity contribution in [1.82, 2.24) is 0 Å². The number of rotatable bonds is 3. The first-order chi connectivity index (χ1) is 9.23. The second-order valence-electron chi connectivity index (χ2n) is 6.79. The van der Waals surface area contributed by atoms with E-state index in [0.717, 1.165) is 29.4 Å². The highest BCUT2D eigenvalue weighted by Crippen LogP contribution is 2.39. The van der Waals surface area contributed by atoms with Gasteiger partial charge in [-0.1, -0.05) is 25.4 Å². The first-order valence-corrected chi connectivity index (χ1v) is 7.47. The molecule has 1 heterocycles. The van der Waals surface area contributed by atoms with Crippen LogP contribution in [0.5, 0.6) is 0 Å². The number of anilines is 1. The molecule has 110 valence electrons. The van der Waals surface area contributed by atoms with Crippen LogP contribution in [0.15, 0.2) is 23.2 Å². The van der Waals surface area contributed by atoms with Gasteiger partial charge in [0.15, 0.2) is 0 Å². The SMILES string of the molecule is CC(C)(CCN)N=C1CC(C)(C)c2cc(Cl)ccc2N1. The molecule has 1 aromatic rings. The van der Waals surface area contributed by atoms with Crippen LogP contribution in [0.4, 0.5) is 5.69 Å². The third kappa shape index (κ3) is 3.33. The Kier molecular flexibility index (Phi) is 4.12. The lowest BCUT2D eigenvalue weighted by Crippen LogP contribution is -2.35. The van der Waals surface area contributed by atoms with E-state index in [9.17, 15) is 0 Å². The molecule has 0 fully saturated rings. The van der Waals surface area contributed by atoms with E-state index in [1.807, 2.05) is 18.2 Å².